The second-order valence-corrected chi connectivity index (χ2v) is 4.40. The maximum Gasteiger partial charge on any atom is 0.162 e. The minimum Gasteiger partial charge on any atom is -0.490 e. The molecule has 0 heterocycles. The molecule has 0 aliphatic rings. The van der Waals surface area contributed by atoms with Gasteiger partial charge in [-0.05, 0) is 38.0 Å². The summed E-state index contributed by atoms with van der Waals surface area (Å²) in [4.78, 5) is 0. The van der Waals surface area contributed by atoms with Crippen LogP contribution in [0, 0.1) is 12.3 Å². The molecule has 1 rings (SSSR count). The monoisotopic (exact) mass is 297 g/mol. The molecule has 0 amide bonds. The SMILES string of the molecule is C#CCOc1ccc(CNC(C)CC)cc1OCC.Cl. The number of benzene rings is 1. The van der Waals surface area contributed by atoms with E-state index in [4.69, 9.17) is 15.9 Å². The predicted molar refractivity (Wildman–Crippen MR) is 85.8 cm³/mol. The van der Waals surface area contributed by atoms with Gasteiger partial charge in [0.05, 0.1) is 6.61 Å². The van der Waals surface area contributed by atoms with Crippen LogP contribution in [0.1, 0.15) is 32.8 Å². The minimum absolute atomic E-state index is 0. The predicted octanol–water partition coefficient (Wildman–Crippen LogP) is 3.41. The number of nitrogens with one attached hydrogen (secondary N) is 1. The van der Waals surface area contributed by atoms with E-state index in [0.717, 1.165) is 18.7 Å². The third-order valence-electron chi connectivity index (χ3n) is 2.89. The molecule has 1 aromatic rings. The Hall–Kier alpha value is -1.37. The van der Waals surface area contributed by atoms with Crippen molar-refractivity contribution in [1.82, 2.24) is 5.32 Å². The third-order valence-corrected chi connectivity index (χ3v) is 2.89. The highest BCUT2D eigenvalue weighted by atomic mass is 35.5. The van der Waals surface area contributed by atoms with Crippen LogP contribution in [0.2, 0.25) is 0 Å². The summed E-state index contributed by atoms with van der Waals surface area (Å²) in [5.41, 5.74) is 1.18. The molecule has 0 saturated carbocycles. The number of halogens is 1. The van der Waals surface area contributed by atoms with Crippen molar-refractivity contribution in [3.63, 3.8) is 0 Å². The minimum atomic E-state index is 0. The molecule has 3 nitrogen and oxygen atoms in total. The van der Waals surface area contributed by atoms with Crippen LogP contribution in [0.25, 0.3) is 0 Å². The molecule has 1 aromatic carbocycles. The average Bonchev–Trinajstić information content (AvgIpc) is 2.44. The van der Waals surface area contributed by atoms with Crippen LogP contribution in [0.15, 0.2) is 18.2 Å². The summed E-state index contributed by atoms with van der Waals surface area (Å²) in [7, 11) is 0. The van der Waals surface area contributed by atoms with E-state index in [1.807, 2.05) is 25.1 Å². The summed E-state index contributed by atoms with van der Waals surface area (Å²) in [6, 6.07) is 6.46. The first-order chi connectivity index (χ1) is 9.21. The van der Waals surface area contributed by atoms with Crippen LogP contribution < -0.4 is 14.8 Å². The Bertz CT molecular complexity index is 429. The molecule has 1 atom stereocenters. The van der Waals surface area contributed by atoms with E-state index in [-0.39, 0.29) is 19.0 Å². The van der Waals surface area contributed by atoms with Crippen LogP contribution >= 0.6 is 12.4 Å². The molecule has 0 spiro atoms. The summed E-state index contributed by atoms with van der Waals surface area (Å²) in [5.74, 6) is 3.91. The molecular weight excluding hydrogens is 274 g/mol. The van der Waals surface area contributed by atoms with E-state index >= 15 is 0 Å². The summed E-state index contributed by atoms with van der Waals surface area (Å²) in [6.45, 7) is 7.98. The normalized spacial score (nSPS) is 11.1. The highest BCUT2D eigenvalue weighted by molar-refractivity contribution is 5.85. The zero-order valence-electron chi connectivity index (χ0n) is 12.4. The van der Waals surface area contributed by atoms with Crippen molar-refractivity contribution in [2.75, 3.05) is 13.2 Å². The summed E-state index contributed by atoms with van der Waals surface area (Å²) < 4.78 is 11.0. The maximum atomic E-state index is 5.59. The van der Waals surface area contributed by atoms with Crippen LogP contribution in [0.5, 0.6) is 11.5 Å². The Labute approximate surface area is 128 Å². The number of ether oxygens (including phenoxy) is 2. The topological polar surface area (TPSA) is 30.5 Å². The number of rotatable bonds is 8. The van der Waals surface area contributed by atoms with Crippen LogP contribution in [-0.4, -0.2) is 19.3 Å². The first kappa shape index (κ1) is 18.6. The van der Waals surface area contributed by atoms with E-state index in [1.165, 1.54) is 5.56 Å². The van der Waals surface area contributed by atoms with Crippen molar-refractivity contribution >= 4 is 12.4 Å². The molecule has 0 bridgehead atoms. The fraction of sp³-hybridized carbons (Fsp3) is 0.500. The molecule has 20 heavy (non-hydrogen) atoms. The first-order valence-electron chi connectivity index (χ1n) is 6.76. The van der Waals surface area contributed by atoms with E-state index < -0.39 is 0 Å². The Kier molecular flexibility index (Phi) is 9.71. The third kappa shape index (κ3) is 6.18. The fourth-order valence-electron chi connectivity index (χ4n) is 1.61. The smallest absolute Gasteiger partial charge is 0.162 e. The van der Waals surface area contributed by atoms with Crippen molar-refractivity contribution in [3.8, 4) is 23.8 Å². The van der Waals surface area contributed by atoms with Crippen LogP contribution in [0.3, 0.4) is 0 Å². The number of hydrogen-bond acceptors (Lipinski definition) is 3. The molecule has 0 aromatic heterocycles. The zero-order valence-corrected chi connectivity index (χ0v) is 13.3. The Morgan fingerprint density at radius 1 is 1.25 bits per heavy atom. The quantitative estimate of drug-likeness (QED) is 0.746. The molecule has 0 aliphatic carbocycles. The summed E-state index contributed by atoms with van der Waals surface area (Å²) in [5, 5.41) is 3.45. The van der Waals surface area contributed by atoms with Gasteiger partial charge in [0.1, 0.15) is 6.61 Å². The fourth-order valence-corrected chi connectivity index (χ4v) is 1.61. The molecule has 4 heteroatoms. The second kappa shape index (κ2) is 10.4. The lowest BCUT2D eigenvalue weighted by atomic mass is 10.1. The van der Waals surface area contributed by atoms with Gasteiger partial charge in [-0.1, -0.05) is 18.9 Å². The van der Waals surface area contributed by atoms with Gasteiger partial charge >= 0.3 is 0 Å². The van der Waals surface area contributed by atoms with Crippen molar-refractivity contribution in [1.29, 1.82) is 0 Å². The van der Waals surface area contributed by atoms with Crippen molar-refractivity contribution < 1.29 is 9.47 Å². The molecule has 0 fully saturated rings. The van der Waals surface area contributed by atoms with Gasteiger partial charge in [0.2, 0.25) is 0 Å². The number of hydrogen-bond donors (Lipinski definition) is 1. The van der Waals surface area contributed by atoms with Gasteiger partial charge in [0.15, 0.2) is 11.5 Å². The van der Waals surface area contributed by atoms with Crippen LogP contribution in [-0.2, 0) is 6.54 Å². The van der Waals surface area contributed by atoms with Gasteiger partial charge in [-0.3, -0.25) is 0 Å². The average molecular weight is 298 g/mol. The van der Waals surface area contributed by atoms with Gasteiger partial charge in [-0.15, -0.1) is 18.8 Å². The van der Waals surface area contributed by atoms with Crippen molar-refractivity contribution in [3.05, 3.63) is 23.8 Å². The van der Waals surface area contributed by atoms with E-state index in [1.54, 1.807) is 0 Å². The Balaban J connectivity index is 0.00000361. The van der Waals surface area contributed by atoms with Gasteiger partial charge in [0.25, 0.3) is 0 Å². The molecule has 0 aliphatic heterocycles. The van der Waals surface area contributed by atoms with E-state index in [0.29, 0.717) is 18.4 Å². The van der Waals surface area contributed by atoms with Crippen molar-refractivity contribution in [2.24, 2.45) is 0 Å². The molecular formula is C16H24ClNO2. The Morgan fingerprint density at radius 3 is 2.60 bits per heavy atom. The first-order valence-corrected chi connectivity index (χ1v) is 6.76. The number of terminal acetylenes is 1. The maximum absolute atomic E-state index is 5.59. The molecule has 1 unspecified atom stereocenters. The standard InChI is InChI=1S/C16H23NO2.ClH/c1-5-10-19-15-9-8-14(11-16(15)18-7-3)12-17-13(4)6-2;/h1,8-9,11,13,17H,6-7,10,12H2,2-4H3;1H. The lowest BCUT2D eigenvalue weighted by molar-refractivity contribution is 0.299. The highest BCUT2D eigenvalue weighted by Crippen LogP contribution is 2.28. The molecule has 1 N–H and O–H groups in total. The largest absolute Gasteiger partial charge is 0.490 e. The van der Waals surface area contributed by atoms with Crippen molar-refractivity contribution in [2.45, 2.75) is 39.8 Å². The summed E-state index contributed by atoms with van der Waals surface area (Å²) in [6.07, 6.45) is 6.31. The Morgan fingerprint density at radius 2 is 2.00 bits per heavy atom. The lowest BCUT2D eigenvalue weighted by Crippen LogP contribution is -2.24. The van der Waals surface area contributed by atoms with Gasteiger partial charge in [-0.2, -0.15) is 0 Å². The van der Waals surface area contributed by atoms with Gasteiger partial charge in [0, 0.05) is 12.6 Å². The summed E-state index contributed by atoms with van der Waals surface area (Å²) >= 11 is 0. The van der Waals surface area contributed by atoms with E-state index in [2.05, 4.69) is 25.1 Å². The second-order valence-electron chi connectivity index (χ2n) is 4.40. The van der Waals surface area contributed by atoms with Crippen LogP contribution in [0.4, 0.5) is 0 Å². The molecule has 0 radical (unpaired) electrons. The van der Waals surface area contributed by atoms with Gasteiger partial charge in [-0.25, -0.2) is 0 Å². The van der Waals surface area contributed by atoms with Gasteiger partial charge < -0.3 is 14.8 Å². The molecule has 0 saturated heterocycles. The highest BCUT2D eigenvalue weighted by Gasteiger charge is 2.07. The zero-order chi connectivity index (χ0) is 14.1. The lowest BCUT2D eigenvalue weighted by Gasteiger charge is -2.14. The molecule has 112 valence electrons. The van der Waals surface area contributed by atoms with E-state index in [9.17, 15) is 0 Å².